The molecule has 1 N–H and O–H groups in total. The molecule has 118 valence electrons. The van der Waals surface area contributed by atoms with Crippen molar-refractivity contribution in [3.63, 3.8) is 0 Å². The van der Waals surface area contributed by atoms with Gasteiger partial charge < -0.3 is 9.73 Å². The number of rotatable bonds is 4. The molecule has 0 radical (unpaired) electrons. The number of aryl methyl sites for hydroxylation is 1. The molecular formula is C16H21N3O2S. The largest absolute Gasteiger partial charge is 0.411 e. The highest BCUT2D eigenvalue weighted by atomic mass is 32.2. The molecule has 1 aromatic heterocycles. The second-order valence-corrected chi connectivity index (χ2v) is 7.53. The third-order valence-corrected chi connectivity index (χ3v) is 3.78. The van der Waals surface area contributed by atoms with E-state index in [0.717, 1.165) is 5.56 Å². The van der Waals surface area contributed by atoms with E-state index in [1.807, 2.05) is 58.9 Å². The Balaban J connectivity index is 2.03. The topological polar surface area (TPSA) is 68.0 Å². The fourth-order valence-corrected chi connectivity index (χ4v) is 2.43. The molecule has 1 atom stereocenters. The molecule has 5 nitrogen and oxygen atoms in total. The molecule has 2 aromatic rings. The van der Waals surface area contributed by atoms with Crippen LogP contribution in [-0.4, -0.2) is 26.9 Å². The van der Waals surface area contributed by atoms with Crippen LogP contribution < -0.4 is 5.32 Å². The van der Waals surface area contributed by atoms with E-state index in [2.05, 4.69) is 15.5 Å². The predicted octanol–water partition coefficient (Wildman–Crippen LogP) is 3.44. The average molecular weight is 319 g/mol. The van der Waals surface area contributed by atoms with Crippen LogP contribution in [0, 0.1) is 6.92 Å². The van der Waals surface area contributed by atoms with Crippen LogP contribution >= 0.6 is 11.8 Å². The second kappa shape index (κ2) is 6.52. The zero-order valence-electron chi connectivity index (χ0n) is 13.5. The van der Waals surface area contributed by atoms with Crippen LogP contribution in [0.5, 0.6) is 0 Å². The van der Waals surface area contributed by atoms with Gasteiger partial charge in [0.2, 0.25) is 11.8 Å². The maximum absolute atomic E-state index is 12.1. The Morgan fingerprint density at radius 3 is 2.45 bits per heavy atom. The lowest BCUT2D eigenvalue weighted by Gasteiger charge is -2.22. The standard InChI is InChI=1S/C16H21N3O2S/c1-10-6-8-12(9-7-10)14-18-19-15(21-14)22-11(2)13(20)17-16(3,4)5/h6-9,11H,1-5H3,(H,17,20)/t11-/m0/s1. The van der Waals surface area contributed by atoms with Crippen LogP contribution in [-0.2, 0) is 4.79 Å². The summed E-state index contributed by atoms with van der Waals surface area (Å²) in [5, 5.41) is 11.1. The van der Waals surface area contributed by atoms with E-state index in [4.69, 9.17) is 4.42 Å². The summed E-state index contributed by atoms with van der Waals surface area (Å²) in [4.78, 5) is 12.1. The van der Waals surface area contributed by atoms with Gasteiger partial charge in [0, 0.05) is 11.1 Å². The monoisotopic (exact) mass is 319 g/mol. The first-order chi connectivity index (χ1) is 10.2. The fourth-order valence-electron chi connectivity index (χ4n) is 1.75. The minimum absolute atomic E-state index is 0.0485. The number of thioether (sulfide) groups is 1. The minimum Gasteiger partial charge on any atom is -0.411 e. The first kappa shape index (κ1) is 16.5. The lowest BCUT2D eigenvalue weighted by atomic mass is 10.1. The van der Waals surface area contributed by atoms with Crippen LogP contribution in [0.3, 0.4) is 0 Å². The van der Waals surface area contributed by atoms with Gasteiger partial charge in [0.15, 0.2) is 0 Å². The number of carbonyl (C=O) groups excluding carboxylic acids is 1. The molecule has 2 rings (SSSR count). The number of hydrogen-bond donors (Lipinski definition) is 1. The van der Waals surface area contributed by atoms with Gasteiger partial charge in [-0.05, 0) is 46.8 Å². The van der Waals surface area contributed by atoms with E-state index in [9.17, 15) is 4.79 Å². The van der Waals surface area contributed by atoms with Crippen LogP contribution in [0.1, 0.15) is 33.3 Å². The molecular weight excluding hydrogens is 298 g/mol. The molecule has 1 heterocycles. The third-order valence-electron chi connectivity index (χ3n) is 2.85. The smallest absolute Gasteiger partial charge is 0.277 e. The summed E-state index contributed by atoms with van der Waals surface area (Å²) in [6, 6.07) is 7.86. The summed E-state index contributed by atoms with van der Waals surface area (Å²) in [5.41, 5.74) is 1.79. The van der Waals surface area contributed by atoms with E-state index in [0.29, 0.717) is 11.1 Å². The molecule has 0 aliphatic rings. The van der Waals surface area contributed by atoms with Gasteiger partial charge in [-0.1, -0.05) is 29.5 Å². The van der Waals surface area contributed by atoms with Gasteiger partial charge in [-0.25, -0.2) is 0 Å². The first-order valence-corrected chi connectivity index (χ1v) is 8.02. The summed E-state index contributed by atoms with van der Waals surface area (Å²) in [6.45, 7) is 9.69. The molecule has 0 saturated heterocycles. The molecule has 1 amide bonds. The molecule has 0 bridgehead atoms. The number of carbonyl (C=O) groups is 1. The van der Waals surface area contributed by atoms with E-state index in [-0.39, 0.29) is 16.7 Å². The van der Waals surface area contributed by atoms with Crippen LogP contribution in [0.25, 0.3) is 11.5 Å². The Hall–Kier alpha value is -1.82. The van der Waals surface area contributed by atoms with Crippen molar-refractivity contribution in [3.05, 3.63) is 29.8 Å². The summed E-state index contributed by atoms with van der Waals surface area (Å²) >= 11 is 1.26. The van der Waals surface area contributed by atoms with Crippen LogP contribution in [0.2, 0.25) is 0 Å². The lowest BCUT2D eigenvalue weighted by molar-refractivity contribution is -0.121. The van der Waals surface area contributed by atoms with Gasteiger partial charge in [0.05, 0.1) is 5.25 Å². The van der Waals surface area contributed by atoms with Crippen molar-refractivity contribution in [2.24, 2.45) is 0 Å². The number of nitrogens with one attached hydrogen (secondary N) is 1. The number of hydrogen-bond acceptors (Lipinski definition) is 5. The number of amides is 1. The van der Waals surface area contributed by atoms with Crippen molar-refractivity contribution in [1.82, 2.24) is 15.5 Å². The quantitative estimate of drug-likeness (QED) is 0.874. The summed E-state index contributed by atoms with van der Waals surface area (Å²) in [5.74, 6) is 0.415. The normalized spacial score (nSPS) is 13.0. The highest BCUT2D eigenvalue weighted by Crippen LogP contribution is 2.26. The molecule has 0 spiro atoms. The zero-order valence-corrected chi connectivity index (χ0v) is 14.3. The van der Waals surface area contributed by atoms with Gasteiger partial charge in [-0.15, -0.1) is 10.2 Å². The highest BCUT2D eigenvalue weighted by Gasteiger charge is 2.22. The van der Waals surface area contributed by atoms with Crippen molar-refractivity contribution < 1.29 is 9.21 Å². The molecule has 1 aromatic carbocycles. The predicted molar refractivity (Wildman–Crippen MR) is 87.7 cm³/mol. The first-order valence-electron chi connectivity index (χ1n) is 7.14. The van der Waals surface area contributed by atoms with Crippen molar-refractivity contribution in [2.75, 3.05) is 0 Å². The Kier molecular flexibility index (Phi) is 4.90. The van der Waals surface area contributed by atoms with Gasteiger partial charge >= 0.3 is 0 Å². The van der Waals surface area contributed by atoms with Gasteiger partial charge in [-0.3, -0.25) is 4.79 Å². The molecule has 0 saturated carbocycles. The fraction of sp³-hybridized carbons (Fsp3) is 0.438. The minimum atomic E-state index is -0.300. The van der Waals surface area contributed by atoms with Crippen LogP contribution in [0.4, 0.5) is 0 Å². The molecule has 0 aliphatic heterocycles. The van der Waals surface area contributed by atoms with Crippen molar-refractivity contribution in [1.29, 1.82) is 0 Å². The van der Waals surface area contributed by atoms with Gasteiger partial charge in [-0.2, -0.15) is 0 Å². The van der Waals surface area contributed by atoms with Crippen molar-refractivity contribution >= 4 is 17.7 Å². The maximum atomic E-state index is 12.1. The van der Waals surface area contributed by atoms with Gasteiger partial charge in [0.25, 0.3) is 5.22 Å². The molecule has 0 fully saturated rings. The molecule has 0 unspecified atom stereocenters. The maximum Gasteiger partial charge on any atom is 0.277 e. The van der Waals surface area contributed by atoms with Gasteiger partial charge in [0.1, 0.15) is 0 Å². The Morgan fingerprint density at radius 1 is 1.23 bits per heavy atom. The Labute approximate surface area is 134 Å². The summed E-state index contributed by atoms with van der Waals surface area (Å²) < 4.78 is 5.62. The number of benzene rings is 1. The summed E-state index contributed by atoms with van der Waals surface area (Å²) in [6.07, 6.45) is 0. The van der Waals surface area contributed by atoms with Crippen molar-refractivity contribution in [2.45, 2.75) is 50.6 Å². The molecule has 0 aliphatic carbocycles. The van der Waals surface area contributed by atoms with Crippen molar-refractivity contribution in [3.8, 4) is 11.5 Å². The second-order valence-electron chi connectivity index (χ2n) is 6.24. The number of aromatic nitrogens is 2. The Morgan fingerprint density at radius 2 is 1.86 bits per heavy atom. The SMILES string of the molecule is Cc1ccc(-c2nnc(S[C@@H](C)C(=O)NC(C)(C)C)o2)cc1. The third kappa shape index (κ3) is 4.59. The molecule has 6 heteroatoms. The lowest BCUT2D eigenvalue weighted by Crippen LogP contribution is -2.44. The van der Waals surface area contributed by atoms with E-state index >= 15 is 0 Å². The summed E-state index contributed by atoms with van der Waals surface area (Å²) in [7, 11) is 0. The Bertz CT molecular complexity index is 644. The zero-order chi connectivity index (χ0) is 16.3. The number of nitrogens with zero attached hydrogens (tertiary/aromatic N) is 2. The van der Waals surface area contributed by atoms with E-state index in [1.165, 1.54) is 17.3 Å². The van der Waals surface area contributed by atoms with E-state index < -0.39 is 0 Å². The molecule has 22 heavy (non-hydrogen) atoms. The van der Waals surface area contributed by atoms with E-state index in [1.54, 1.807) is 0 Å². The average Bonchev–Trinajstić information content (AvgIpc) is 2.86. The highest BCUT2D eigenvalue weighted by molar-refractivity contribution is 8.00. The van der Waals surface area contributed by atoms with Crippen LogP contribution in [0.15, 0.2) is 33.9 Å².